The summed E-state index contributed by atoms with van der Waals surface area (Å²) in [6.07, 6.45) is 0. The van der Waals surface area contributed by atoms with Gasteiger partial charge in [-0.05, 0) is 43.2 Å². The van der Waals surface area contributed by atoms with Crippen LogP contribution >= 0.6 is 0 Å². The number of benzene rings is 2. The molecule has 0 aliphatic heterocycles. The number of hydrogen-bond acceptors (Lipinski definition) is 5. The van der Waals surface area contributed by atoms with Gasteiger partial charge in [-0.2, -0.15) is 0 Å². The number of aryl methyl sites for hydroxylation is 2. The molecule has 0 aromatic heterocycles. The summed E-state index contributed by atoms with van der Waals surface area (Å²) in [5.41, 5.74) is 2.20. The maximum absolute atomic E-state index is 12.7. The van der Waals surface area contributed by atoms with E-state index in [0.717, 1.165) is 5.56 Å². The summed E-state index contributed by atoms with van der Waals surface area (Å²) in [5.74, 6) is -0.964. The molecule has 142 valence electrons. The van der Waals surface area contributed by atoms with Crippen LogP contribution in [0.25, 0.3) is 0 Å². The maximum atomic E-state index is 12.7. The molecule has 8 nitrogen and oxygen atoms in total. The van der Waals surface area contributed by atoms with Crippen molar-refractivity contribution in [2.24, 2.45) is 0 Å². The number of carboxylic acid groups (broad SMARTS) is 1. The molecule has 0 aliphatic carbocycles. The molecule has 0 fully saturated rings. The Kier molecular flexibility index (Phi) is 6.12. The Hall–Kier alpha value is -3.42. The van der Waals surface area contributed by atoms with E-state index in [-0.39, 0.29) is 17.2 Å². The van der Waals surface area contributed by atoms with E-state index in [2.05, 4.69) is 0 Å². The Labute approximate surface area is 156 Å². The van der Waals surface area contributed by atoms with E-state index in [0.29, 0.717) is 23.4 Å². The molecule has 2 aromatic rings. The minimum absolute atomic E-state index is 0.0858. The lowest BCUT2D eigenvalue weighted by Crippen LogP contribution is -2.27. The van der Waals surface area contributed by atoms with Crippen LogP contribution in [-0.2, 0) is 11.3 Å². The van der Waals surface area contributed by atoms with Crippen LogP contribution in [0.5, 0.6) is 5.75 Å². The van der Waals surface area contributed by atoms with Gasteiger partial charge in [0.1, 0.15) is 5.75 Å². The first-order valence-corrected chi connectivity index (χ1v) is 8.13. The molecular formula is C19H20N2O6. The molecule has 0 atom stereocenters. The van der Waals surface area contributed by atoms with Gasteiger partial charge >= 0.3 is 5.97 Å². The van der Waals surface area contributed by atoms with Gasteiger partial charge in [0, 0.05) is 30.8 Å². The van der Waals surface area contributed by atoms with Gasteiger partial charge in [0.25, 0.3) is 11.6 Å². The monoisotopic (exact) mass is 372 g/mol. The topological polar surface area (TPSA) is 110 Å². The van der Waals surface area contributed by atoms with Crippen molar-refractivity contribution in [2.45, 2.75) is 20.4 Å². The third-order valence-electron chi connectivity index (χ3n) is 4.02. The lowest BCUT2D eigenvalue weighted by molar-refractivity contribution is -0.385. The molecular weight excluding hydrogens is 352 g/mol. The normalized spacial score (nSPS) is 10.3. The van der Waals surface area contributed by atoms with Crippen molar-refractivity contribution in [1.29, 1.82) is 0 Å². The quantitative estimate of drug-likeness (QED) is 0.591. The van der Waals surface area contributed by atoms with E-state index in [4.69, 9.17) is 9.84 Å². The van der Waals surface area contributed by atoms with Crippen LogP contribution in [0.4, 0.5) is 5.69 Å². The van der Waals surface area contributed by atoms with Crippen LogP contribution < -0.4 is 4.74 Å². The minimum atomic E-state index is -1.06. The molecule has 27 heavy (non-hydrogen) atoms. The van der Waals surface area contributed by atoms with Crippen molar-refractivity contribution < 1.29 is 24.4 Å². The smallest absolute Gasteiger partial charge is 0.341 e. The fourth-order valence-corrected chi connectivity index (χ4v) is 2.66. The summed E-state index contributed by atoms with van der Waals surface area (Å²) >= 11 is 0. The van der Waals surface area contributed by atoms with E-state index in [1.54, 1.807) is 51.2 Å². The molecule has 0 saturated heterocycles. The average molecular weight is 372 g/mol. The van der Waals surface area contributed by atoms with E-state index < -0.39 is 17.5 Å². The van der Waals surface area contributed by atoms with E-state index >= 15 is 0 Å². The highest BCUT2D eigenvalue weighted by Crippen LogP contribution is 2.24. The second-order valence-corrected chi connectivity index (χ2v) is 6.20. The van der Waals surface area contributed by atoms with Crippen LogP contribution in [0.1, 0.15) is 27.0 Å². The second kappa shape index (κ2) is 8.31. The highest BCUT2D eigenvalue weighted by molar-refractivity contribution is 5.96. The van der Waals surface area contributed by atoms with E-state index in [1.165, 1.54) is 11.0 Å². The van der Waals surface area contributed by atoms with Gasteiger partial charge in [-0.15, -0.1) is 0 Å². The number of hydrogen-bond donors (Lipinski definition) is 1. The number of aliphatic carboxylic acids is 1. The summed E-state index contributed by atoms with van der Waals surface area (Å²) in [6.45, 7) is 3.24. The van der Waals surface area contributed by atoms with Gasteiger partial charge in [0.15, 0.2) is 6.61 Å². The summed E-state index contributed by atoms with van der Waals surface area (Å²) < 4.78 is 5.06. The first kappa shape index (κ1) is 19.9. The molecule has 1 N–H and O–H groups in total. The number of carbonyl (C=O) groups excluding carboxylic acids is 1. The van der Waals surface area contributed by atoms with Crippen LogP contribution in [0.2, 0.25) is 0 Å². The van der Waals surface area contributed by atoms with Crippen molar-refractivity contribution >= 4 is 17.6 Å². The SMILES string of the molecule is Cc1cc(C)c([N+](=O)[O-])cc1C(=O)N(C)Cc1ccc(OCC(=O)O)cc1. The van der Waals surface area contributed by atoms with Crippen molar-refractivity contribution in [2.75, 3.05) is 13.7 Å². The first-order valence-electron chi connectivity index (χ1n) is 8.13. The highest BCUT2D eigenvalue weighted by Gasteiger charge is 2.20. The fraction of sp³-hybridized carbons (Fsp3) is 0.263. The molecule has 0 unspecified atom stereocenters. The molecule has 2 rings (SSSR count). The number of rotatable bonds is 7. The summed E-state index contributed by atoms with van der Waals surface area (Å²) in [7, 11) is 1.61. The summed E-state index contributed by atoms with van der Waals surface area (Å²) in [6, 6.07) is 9.65. The van der Waals surface area contributed by atoms with E-state index in [1.807, 2.05) is 0 Å². The molecule has 0 aliphatic rings. The van der Waals surface area contributed by atoms with Gasteiger partial charge in [-0.1, -0.05) is 12.1 Å². The number of ether oxygens (including phenoxy) is 1. The van der Waals surface area contributed by atoms with Crippen LogP contribution in [0.15, 0.2) is 36.4 Å². The molecule has 2 aromatic carbocycles. The van der Waals surface area contributed by atoms with Crippen molar-refractivity contribution in [3.63, 3.8) is 0 Å². The largest absolute Gasteiger partial charge is 0.482 e. The highest BCUT2D eigenvalue weighted by atomic mass is 16.6. The van der Waals surface area contributed by atoms with Crippen LogP contribution in [0, 0.1) is 24.0 Å². The predicted molar refractivity (Wildman–Crippen MR) is 97.9 cm³/mol. The number of nitrogens with zero attached hydrogens (tertiary/aromatic N) is 2. The first-order chi connectivity index (χ1) is 12.7. The fourth-order valence-electron chi connectivity index (χ4n) is 2.66. The minimum Gasteiger partial charge on any atom is -0.482 e. The zero-order valence-electron chi connectivity index (χ0n) is 15.3. The summed E-state index contributed by atoms with van der Waals surface area (Å²) in [4.78, 5) is 35.3. The molecule has 0 bridgehead atoms. The van der Waals surface area contributed by atoms with Crippen LogP contribution in [-0.4, -0.2) is 40.5 Å². The van der Waals surface area contributed by atoms with Crippen molar-refractivity contribution in [1.82, 2.24) is 4.90 Å². The van der Waals surface area contributed by atoms with Crippen LogP contribution in [0.3, 0.4) is 0 Å². The Balaban J connectivity index is 2.13. The molecule has 0 saturated carbocycles. The number of nitro benzene ring substituents is 1. The number of amides is 1. The molecule has 1 amide bonds. The molecule has 0 radical (unpaired) electrons. The number of carbonyl (C=O) groups is 2. The Morgan fingerprint density at radius 2 is 1.78 bits per heavy atom. The summed E-state index contributed by atoms with van der Waals surface area (Å²) in [5, 5.41) is 19.7. The van der Waals surface area contributed by atoms with Gasteiger partial charge in [-0.3, -0.25) is 14.9 Å². The van der Waals surface area contributed by atoms with E-state index in [9.17, 15) is 19.7 Å². The third-order valence-corrected chi connectivity index (χ3v) is 4.02. The maximum Gasteiger partial charge on any atom is 0.341 e. The zero-order valence-corrected chi connectivity index (χ0v) is 15.3. The standard InChI is InChI=1S/C19H20N2O6/c1-12-8-13(2)17(21(25)26)9-16(12)19(24)20(3)10-14-4-6-15(7-5-14)27-11-18(22)23/h4-9H,10-11H2,1-3H3,(H,22,23). The third kappa shape index (κ3) is 5.04. The number of carboxylic acids is 1. The van der Waals surface area contributed by atoms with Gasteiger partial charge in [-0.25, -0.2) is 4.79 Å². The van der Waals surface area contributed by atoms with Gasteiger partial charge in [0.2, 0.25) is 0 Å². The van der Waals surface area contributed by atoms with Gasteiger partial charge in [0.05, 0.1) is 4.92 Å². The Morgan fingerprint density at radius 3 is 2.33 bits per heavy atom. The predicted octanol–water partition coefficient (Wildman–Crippen LogP) is 2.95. The Morgan fingerprint density at radius 1 is 1.15 bits per heavy atom. The zero-order chi connectivity index (χ0) is 20.1. The number of nitro groups is 1. The molecule has 0 heterocycles. The average Bonchev–Trinajstić information content (AvgIpc) is 2.60. The molecule has 0 spiro atoms. The lowest BCUT2D eigenvalue weighted by atomic mass is 10.0. The van der Waals surface area contributed by atoms with Gasteiger partial charge < -0.3 is 14.7 Å². The Bertz CT molecular complexity index is 877. The van der Waals surface area contributed by atoms with Crippen molar-refractivity contribution in [3.8, 4) is 5.75 Å². The second-order valence-electron chi connectivity index (χ2n) is 6.20. The lowest BCUT2D eigenvalue weighted by Gasteiger charge is -2.19. The van der Waals surface area contributed by atoms with Crippen molar-refractivity contribution in [3.05, 3.63) is 68.8 Å². The molecule has 8 heteroatoms.